The van der Waals surface area contributed by atoms with Crippen molar-refractivity contribution in [1.82, 2.24) is 15.8 Å². The van der Waals surface area contributed by atoms with Gasteiger partial charge >= 0.3 is 0 Å². The molecule has 1 fully saturated rings. The molecule has 5 heteroatoms. The van der Waals surface area contributed by atoms with Gasteiger partial charge in [-0.15, -0.1) is 0 Å². The number of carbonyl (C=O) groups excluding carboxylic acids is 1. The largest absolute Gasteiger partial charge is 0.351 e. The fourth-order valence-corrected chi connectivity index (χ4v) is 1.74. The zero-order chi connectivity index (χ0) is 10.7. The summed E-state index contributed by atoms with van der Waals surface area (Å²) < 4.78 is 4.89. The van der Waals surface area contributed by atoms with E-state index < -0.39 is 0 Å². The number of nitrogens with zero attached hydrogens (tertiary/aromatic N) is 1. The Kier molecular flexibility index (Phi) is 3.01. The first kappa shape index (κ1) is 10.2. The number of carbonyl (C=O) groups is 1. The molecular weight excluding hydrogens is 194 g/mol. The molecule has 1 aliphatic rings. The third-order valence-corrected chi connectivity index (χ3v) is 2.59. The monoisotopic (exact) mass is 209 g/mol. The van der Waals surface area contributed by atoms with Gasteiger partial charge in [-0.2, -0.15) is 0 Å². The summed E-state index contributed by atoms with van der Waals surface area (Å²) in [6, 6.07) is 0.204. The van der Waals surface area contributed by atoms with Crippen LogP contribution in [0.5, 0.6) is 0 Å². The molecule has 1 aromatic rings. The molecule has 1 atom stereocenters. The van der Waals surface area contributed by atoms with E-state index in [-0.39, 0.29) is 11.9 Å². The van der Waals surface area contributed by atoms with Crippen LogP contribution in [-0.2, 0) is 0 Å². The van der Waals surface area contributed by atoms with Gasteiger partial charge in [0.2, 0.25) is 5.76 Å². The van der Waals surface area contributed by atoms with Crippen molar-refractivity contribution in [3.8, 4) is 0 Å². The molecule has 0 saturated carbocycles. The molecule has 82 valence electrons. The van der Waals surface area contributed by atoms with Gasteiger partial charge in [0.15, 0.2) is 0 Å². The Morgan fingerprint density at radius 1 is 1.73 bits per heavy atom. The van der Waals surface area contributed by atoms with Crippen molar-refractivity contribution in [3.63, 3.8) is 0 Å². The highest BCUT2D eigenvalue weighted by atomic mass is 16.5. The molecule has 2 heterocycles. The van der Waals surface area contributed by atoms with Gasteiger partial charge in [-0.3, -0.25) is 4.79 Å². The highest BCUT2D eigenvalue weighted by molar-refractivity contribution is 5.92. The minimum Gasteiger partial charge on any atom is -0.351 e. The maximum absolute atomic E-state index is 11.7. The second-order valence-corrected chi connectivity index (χ2v) is 3.85. The van der Waals surface area contributed by atoms with Crippen LogP contribution in [0, 0.1) is 6.92 Å². The van der Waals surface area contributed by atoms with Crippen LogP contribution < -0.4 is 10.6 Å². The van der Waals surface area contributed by atoms with Gasteiger partial charge in [0.1, 0.15) is 0 Å². The van der Waals surface area contributed by atoms with Crippen molar-refractivity contribution in [2.75, 3.05) is 13.1 Å². The summed E-state index contributed by atoms with van der Waals surface area (Å²) in [6.45, 7) is 3.68. The third kappa shape index (κ3) is 2.36. The highest BCUT2D eigenvalue weighted by Crippen LogP contribution is 2.07. The Labute approximate surface area is 88.2 Å². The number of hydrogen-bond donors (Lipinski definition) is 2. The van der Waals surface area contributed by atoms with Gasteiger partial charge in [0.25, 0.3) is 5.91 Å². The minimum atomic E-state index is -0.168. The van der Waals surface area contributed by atoms with E-state index in [1.807, 2.05) is 6.92 Å². The molecule has 1 aromatic heterocycles. The van der Waals surface area contributed by atoms with Crippen LogP contribution in [-0.4, -0.2) is 30.2 Å². The molecule has 0 aliphatic carbocycles. The average Bonchev–Trinajstić information content (AvgIpc) is 2.66. The summed E-state index contributed by atoms with van der Waals surface area (Å²) in [5.74, 6) is 0.152. The van der Waals surface area contributed by atoms with Crippen molar-refractivity contribution < 1.29 is 9.32 Å². The topological polar surface area (TPSA) is 67.2 Å². The number of piperidine rings is 1. The van der Waals surface area contributed by atoms with Gasteiger partial charge in [0, 0.05) is 18.2 Å². The predicted octanol–water partition coefficient (Wildman–Crippen LogP) is 0.465. The maximum Gasteiger partial charge on any atom is 0.290 e. The predicted molar refractivity (Wildman–Crippen MR) is 54.6 cm³/mol. The Balaban J connectivity index is 1.94. The number of aromatic nitrogens is 1. The fraction of sp³-hybridized carbons (Fsp3) is 0.600. The van der Waals surface area contributed by atoms with Crippen molar-refractivity contribution in [2.24, 2.45) is 0 Å². The van der Waals surface area contributed by atoms with Crippen molar-refractivity contribution in [3.05, 3.63) is 17.5 Å². The molecular formula is C10H15N3O2. The van der Waals surface area contributed by atoms with Crippen LogP contribution in [0.25, 0.3) is 0 Å². The summed E-state index contributed by atoms with van der Waals surface area (Å²) in [4.78, 5) is 11.7. The Hall–Kier alpha value is -1.36. The lowest BCUT2D eigenvalue weighted by Crippen LogP contribution is -2.45. The first-order chi connectivity index (χ1) is 7.27. The minimum absolute atomic E-state index is 0.168. The second kappa shape index (κ2) is 4.44. The highest BCUT2D eigenvalue weighted by Gasteiger charge is 2.19. The quantitative estimate of drug-likeness (QED) is 0.742. The summed E-state index contributed by atoms with van der Waals surface area (Å²) in [7, 11) is 0. The van der Waals surface area contributed by atoms with E-state index in [1.54, 1.807) is 6.20 Å². The van der Waals surface area contributed by atoms with E-state index in [9.17, 15) is 4.79 Å². The Morgan fingerprint density at radius 2 is 2.60 bits per heavy atom. The Morgan fingerprint density at radius 3 is 3.20 bits per heavy atom. The van der Waals surface area contributed by atoms with Crippen LogP contribution in [0.1, 0.15) is 29.0 Å². The lowest BCUT2D eigenvalue weighted by Gasteiger charge is -2.23. The zero-order valence-corrected chi connectivity index (χ0v) is 8.75. The summed E-state index contributed by atoms with van der Waals surface area (Å²) in [6.07, 6.45) is 3.67. The van der Waals surface area contributed by atoms with Gasteiger partial charge in [-0.05, 0) is 26.3 Å². The molecule has 0 spiro atoms. The van der Waals surface area contributed by atoms with Crippen LogP contribution in [0.2, 0.25) is 0 Å². The first-order valence-electron chi connectivity index (χ1n) is 5.20. The third-order valence-electron chi connectivity index (χ3n) is 2.59. The lowest BCUT2D eigenvalue weighted by atomic mass is 10.1. The smallest absolute Gasteiger partial charge is 0.290 e. The van der Waals surface area contributed by atoms with Crippen LogP contribution in [0.3, 0.4) is 0 Å². The standard InChI is InChI=1S/C10H15N3O2/c1-7-5-12-15-9(7)10(14)13-8-3-2-4-11-6-8/h5,8,11H,2-4,6H2,1H3,(H,13,14)/t8-/m0/s1. The van der Waals surface area contributed by atoms with Gasteiger partial charge in [0.05, 0.1) is 6.20 Å². The molecule has 2 rings (SSSR count). The fourth-order valence-electron chi connectivity index (χ4n) is 1.74. The van der Waals surface area contributed by atoms with E-state index in [0.29, 0.717) is 5.76 Å². The van der Waals surface area contributed by atoms with Gasteiger partial charge in [-0.1, -0.05) is 5.16 Å². The van der Waals surface area contributed by atoms with E-state index in [4.69, 9.17) is 4.52 Å². The summed E-state index contributed by atoms with van der Waals surface area (Å²) >= 11 is 0. The van der Waals surface area contributed by atoms with E-state index in [1.165, 1.54) is 0 Å². The SMILES string of the molecule is Cc1cnoc1C(=O)N[C@H]1CCCNC1. The molecule has 0 bridgehead atoms. The molecule has 2 N–H and O–H groups in total. The van der Waals surface area contributed by atoms with E-state index in [0.717, 1.165) is 31.5 Å². The number of amides is 1. The molecule has 0 aromatic carbocycles. The van der Waals surface area contributed by atoms with E-state index >= 15 is 0 Å². The molecule has 1 amide bonds. The molecule has 5 nitrogen and oxygen atoms in total. The van der Waals surface area contributed by atoms with E-state index in [2.05, 4.69) is 15.8 Å². The average molecular weight is 209 g/mol. The lowest BCUT2D eigenvalue weighted by molar-refractivity contribution is 0.0892. The van der Waals surface area contributed by atoms with Gasteiger partial charge < -0.3 is 15.2 Å². The van der Waals surface area contributed by atoms with Crippen molar-refractivity contribution in [2.45, 2.75) is 25.8 Å². The maximum atomic E-state index is 11.7. The molecule has 15 heavy (non-hydrogen) atoms. The number of nitrogens with one attached hydrogen (secondary N) is 2. The number of aryl methyl sites for hydroxylation is 1. The van der Waals surface area contributed by atoms with Crippen molar-refractivity contribution >= 4 is 5.91 Å². The van der Waals surface area contributed by atoms with Crippen LogP contribution in [0.15, 0.2) is 10.7 Å². The first-order valence-corrected chi connectivity index (χ1v) is 5.20. The second-order valence-electron chi connectivity index (χ2n) is 3.85. The normalized spacial score (nSPS) is 21.3. The van der Waals surface area contributed by atoms with Crippen LogP contribution in [0.4, 0.5) is 0 Å². The number of hydrogen-bond acceptors (Lipinski definition) is 4. The molecule has 0 unspecified atom stereocenters. The zero-order valence-electron chi connectivity index (χ0n) is 8.75. The molecule has 1 aliphatic heterocycles. The van der Waals surface area contributed by atoms with Gasteiger partial charge in [-0.25, -0.2) is 0 Å². The summed E-state index contributed by atoms with van der Waals surface area (Å²) in [5.41, 5.74) is 0.774. The number of rotatable bonds is 2. The molecule has 1 saturated heterocycles. The van der Waals surface area contributed by atoms with Crippen molar-refractivity contribution in [1.29, 1.82) is 0 Å². The Bertz CT molecular complexity index is 342. The molecule has 0 radical (unpaired) electrons. The van der Waals surface area contributed by atoms with Crippen LogP contribution >= 0.6 is 0 Å². The summed E-state index contributed by atoms with van der Waals surface area (Å²) in [5, 5.41) is 9.75.